The van der Waals surface area contributed by atoms with Crippen LogP contribution in [0.15, 0.2) is 82.7 Å². The van der Waals surface area contributed by atoms with Crippen molar-refractivity contribution in [2.45, 2.75) is 60.8 Å². The number of rotatable bonds is 8. The predicted molar refractivity (Wildman–Crippen MR) is 127 cm³/mol. The Hall–Kier alpha value is -2.24. The fraction of sp³-hybridized carbons (Fsp3) is 0.423. The fourth-order valence-corrected chi connectivity index (χ4v) is 6.80. The van der Waals surface area contributed by atoms with E-state index >= 15 is 0 Å². The van der Waals surface area contributed by atoms with Crippen molar-refractivity contribution in [1.29, 1.82) is 0 Å². The maximum absolute atomic E-state index is 13.6. The molecular weight excluding hydrogens is 404 g/mol. The zero-order valence-corrected chi connectivity index (χ0v) is 19.0. The van der Waals surface area contributed by atoms with Crippen LogP contribution < -0.4 is 0 Å². The Bertz CT molecular complexity index is 996. The van der Waals surface area contributed by atoms with Gasteiger partial charge in [0.1, 0.15) is 0 Å². The molecule has 2 aliphatic heterocycles. The maximum Gasteiger partial charge on any atom is 0.207 e. The monoisotopic (exact) mass is 436 g/mol. The standard InChI is InChI=1S/C26H32N2O2S/c1-2-10-24(28-19-15-23(16-20-28)22-11-5-3-6-12-22)21-26(17-9-18-27-26)31(29,30)25-13-7-4-8-14-25/h3-9,11-14,17-18,23-24H,2,10,15-16,19-21H2,1H3. The molecule has 2 heterocycles. The summed E-state index contributed by atoms with van der Waals surface area (Å²) in [7, 11) is -3.62. The molecule has 2 aromatic carbocycles. The Morgan fingerprint density at radius 2 is 1.68 bits per heavy atom. The molecule has 0 N–H and O–H groups in total. The van der Waals surface area contributed by atoms with Crippen LogP contribution in [-0.2, 0) is 9.84 Å². The maximum atomic E-state index is 13.6. The summed E-state index contributed by atoms with van der Waals surface area (Å²) in [4.78, 5) is 6.19. The summed E-state index contributed by atoms with van der Waals surface area (Å²) >= 11 is 0. The third kappa shape index (κ3) is 4.53. The van der Waals surface area contributed by atoms with Crippen molar-refractivity contribution in [2.24, 2.45) is 4.99 Å². The fourth-order valence-electron chi connectivity index (χ4n) is 5.01. The van der Waals surface area contributed by atoms with E-state index in [9.17, 15) is 8.42 Å². The molecule has 2 aliphatic rings. The van der Waals surface area contributed by atoms with Gasteiger partial charge in [0.05, 0.1) is 4.90 Å². The first kappa shape index (κ1) is 22.0. The van der Waals surface area contributed by atoms with Gasteiger partial charge in [0.2, 0.25) is 9.84 Å². The third-order valence-corrected chi connectivity index (χ3v) is 8.95. The van der Waals surface area contributed by atoms with Gasteiger partial charge < -0.3 is 4.90 Å². The Labute approximate surface area is 186 Å². The number of piperidine rings is 1. The molecule has 0 aliphatic carbocycles. The third-order valence-electron chi connectivity index (χ3n) is 6.72. The van der Waals surface area contributed by atoms with Crippen LogP contribution in [0, 0.1) is 0 Å². The van der Waals surface area contributed by atoms with Crippen molar-refractivity contribution in [3.8, 4) is 0 Å². The number of hydrogen-bond donors (Lipinski definition) is 0. The average molecular weight is 437 g/mol. The molecule has 4 rings (SSSR count). The SMILES string of the molecule is CCCC(CC1(S(=O)(=O)c2ccccc2)C=CC=N1)N1CCC(c2ccccc2)CC1. The minimum atomic E-state index is -3.62. The Morgan fingerprint density at radius 3 is 2.26 bits per heavy atom. The predicted octanol–water partition coefficient (Wildman–Crippen LogP) is 5.24. The first-order valence-electron chi connectivity index (χ1n) is 11.4. The van der Waals surface area contributed by atoms with E-state index in [0.717, 1.165) is 38.8 Å². The number of nitrogens with zero attached hydrogens (tertiary/aromatic N) is 2. The van der Waals surface area contributed by atoms with Crippen molar-refractivity contribution in [2.75, 3.05) is 13.1 Å². The second-order valence-corrected chi connectivity index (χ2v) is 10.9. The smallest absolute Gasteiger partial charge is 0.207 e. The van der Waals surface area contributed by atoms with Crippen LogP contribution in [0.2, 0.25) is 0 Å². The molecule has 1 saturated heterocycles. The highest BCUT2D eigenvalue weighted by Crippen LogP contribution is 2.38. The zero-order valence-electron chi connectivity index (χ0n) is 18.2. The Kier molecular flexibility index (Phi) is 6.73. The summed E-state index contributed by atoms with van der Waals surface area (Å²) in [6, 6.07) is 19.7. The summed E-state index contributed by atoms with van der Waals surface area (Å²) < 4.78 is 27.3. The normalized spacial score (nSPS) is 23.3. The summed E-state index contributed by atoms with van der Waals surface area (Å²) in [6.07, 6.45) is 9.94. The molecule has 164 valence electrons. The molecule has 0 radical (unpaired) electrons. The van der Waals surface area contributed by atoms with E-state index in [0.29, 0.717) is 17.2 Å². The van der Waals surface area contributed by atoms with Gasteiger partial charge in [-0.15, -0.1) is 0 Å². The molecule has 2 atom stereocenters. The minimum Gasteiger partial charge on any atom is -0.300 e. The van der Waals surface area contributed by atoms with Gasteiger partial charge in [0.15, 0.2) is 4.87 Å². The van der Waals surface area contributed by atoms with E-state index in [1.54, 1.807) is 42.6 Å². The van der Waals surface area contributed by atoms with Crippen molar-refractivity contribution in [1.82, 2.24) is 4.90 Å². The largest absolute Gasteiger partial charge is 0.300 e. The van der Waals surface area contributed by atoms with Crippen LogP contribution in [0.4, 0.5) is 0 Å². The van der Waals surface area contributed by atoms with E-state index in [4.69, 9.17) is 0 Å². The van der Waals surface area contributed by atoms with Gasteiger partial charge in [-0.3, -0.25) is 4.99 Å². The van der Waals surface area contributed by atoms with E-state index in [-0.39, 0.29) is 6.04 Å². The lowest BCUT2D eigenvalue weighted by Gasteiger charge is -2.40. The highest BCUT2D eigenvalue weighted by molar-refractivity contribution is 7.93. The van der Waals surface area contributed by atoms with E-state index in [1.165, 1.54) is 5.56 Å². The highest BCUT2D eigenvalue weighted by atomic mass is 32.2. The lowest BCUT2D eigenvalue weighted by Crippen LogP contribution is -2.47. The quantitative estimate of drug-likeness (QED) is 0.569. The van der Waals surface area contributed by atoms with Crippen LogP contribution in [0.5, 0.6) is 0 Å². The van der Waals surface area contributed by atoms with Crippen LogP contribution >= 0.6 is 0 Å². The molecule has 0 bridgehead atoms. The van der Waals surface area contributed by atoms with Crippen molar-refractivity contribution in [3.05, 3.63) is 78.4 Å². The van der Waals surface area contributed by atoms with Crippen molar-refractivity contribution >= 4 is 16.1 Å². The summed E-state index contributed by atoms with van der Waals surface area (Å²) in [5, 5.41) is 0. The Balaban J connectivity index is 1.53. The molecule has 1 fully saturated rings. The van der Waals surface area contributed by atoms with E-state index < -0.39 is 14.7 Å². The van der Waals surface area contributed by atoms with Gasteiger partial charge >= 0.3 is 0 Å². The molecular formula is C26H32N2O2S. The summed E-state index contributed by atoms with van der Waals surface area (Å²) in [6.45, 7) is 4.17. The number of likely N-dealkylation sites (tertiary alicyclic amines) is 1. The van der Waals surface area contributed by atoms with Crippen LogP contribution in [0.3, 0.4) is 0 Å². The van der Waals surface area contributed by atoms with Crippen LogP contribution in [-0.4, -0.2) is 43.5 Å². The van der Waals surface area contributed by atoms with Crippen LogP contribution in [0.1, 0.15) is 50.5 Å². The number of benzene rings is 2. The summed E-state index contributed by atoms with van der Waals surface area (Å²) in [5.41, 5.74) is 1.42. The molecule has 2 unspecified atom stereocenters. The number of aliphatic imine (C=N–C) groups is 1. The highest BCUT2D eigenvalue weighted by Gasteiger charge is 2.46. The molecule has 5 heteroatoms. The number of allylic oxidation sites excluding steroid dienone is 1. The van der Waals surface area contributed by atoms with E-state index in [2.05, 4.69) is 47.1 Å². The summed E-state index contributed by atoms with van der Waals surface area (Å²) in [5.74, 6) is 0.589. The molecule has 4 nitrogen and oxygen atoms in total. The van der Waals surface area contributed by atoms with Gasteiger partial charge in [-0.2, -0.15) is 0 Å². The lowest BCUT2D eigenvalue weighted by atomic mass is 9.88. The minimum absolute atomic E-state index is 0.195. The second kappa shape index (κ2) is 9.49. The van der Waals surface area contributed by atoms with Gasteiger partial charge in [0.25, 0.3) is 0 Å². The molecule has 0 amide bonds. The molecule has 2 aromatic rings. The van der Waals surface area contributed by atoms with Crippen molar-refractivity contribution in [3.63, 3.8) is 0 Å². The Morgan fingerprint density at radius 1 is 1.03 bits per heavy atom. The topological polar surface area (TPSA) is 49.7 Å². The molecule has 0 spiro atoms. The van der Waals surface area contributed by atoms with Crippen molar-refractivity contribution < 1.29 is 8.42 Å². The zero-order chi connectivity index (χ0) is 21.7. The first-order valence-corrected chi connectivity index (χ1v) is 12.9. The first-order chi connectivity index (χ1) is 15.1. The van der Waals surface area contributed by atoms with E-state index in [1.807, 2.05) is 6.07 Å². The average Bonchev–Trinajstić information content (AvgIpc) is 3.31. The molecule has 0 saturated carbocycles. The van der Waals surface area contributed by atoms with Gasteiger partial charge in [-0.1, -0.05) is 61.9 Å². The van der Waals surface area contributed by atoms with Crippen LogP contribution in [0.25, 0.3) is 0 Å². The van der Waals surface area contributed by atoms with Gasteiger partial charge in [-0.05, 0) is 68.1 Å². The molecule has 31 heavy (non-hydrogen) atoms. The second-order valence-electron chi connectivity index (χ2n) is 8.67. The lowest BCUT2D eigenvalue weighted by molar-refractivity contribution is 0.131. The number of hydrogen-bond acceptors (Lipinski definition) is 4. The number of sulfone groups is 1. The van der Waals surface area contributed by atoms with Gasteiger partial charge in [-0.25, -0.2) is 8.42 Å². The molecule has 0 aromatic heterocycles. The van der Waals surface area contributed by atoms with Gasteiger partial charge in [0, 0.05) is 18.7 Å².